The third-order valence-electron chi connectivity index (χ3n) is 3.74. The van der Waals surface area contributed by atoms with Crippen LogP contribution in [0.3, 0.4) is 0 Å². The van der Waals surface area contributed by atoms with Crippen molar-refractivity contribution in [2.45, 2.75) is 82.5 Å². The van der Waals surface area contributed by atoms with Crippen LogP contribution in [0.15, 0.2) is 0 Å². The van der Waals surface area contributed by atoms with Gasteiger partial charge >= 0.3 is 59.1 Å². The van der Waals surface area contributed by atoms with Crippen LogP contribution in [0.4, 0.5) is 0 Å². The first-order valence-electron chi connectivity index (χ1n) is 8.38. The van der Waals surface area contributed by atoms with Gasteiger partial charge in [-0.25, -0.2) is 0 Å². The molecule has 0 aromatic heterocycles. The van der Waals surface area contributed by atoms with Gasteiger partial charge in [-0.2, -0.15) is 0 Å². The Morgan fingerprint density at radius 3 is 1.60 bits per heavy atom. The SMILES string of the molecule is CCCCCCCCCCCC[S+]([O-])C(C(=O)[O-])C(O)C(=O)[O-].[Na+].[Na+]. The van der Waals surface area contributed by atoms with Crippen molar-refractivity contribution in [2.24, 2.45) is 0 Å². The molecule has 1 N–H and O–H groups in total. The molecule has 0 saturated heterocycles. The van der Waals surface area contributed by atoms with E-state index >= 15 is 0 Å². The summed E-state index contributed by atoms with van der Waals surface area (Å²) in [7, 11) is 0. The molecule has 0 radical (unpaired) electrons. The largest absolute Gasteiger partial charge is 1.00 e. The van der Waals surface area contributed by atoms with Crippen molar-refractivity contribution >= 4 is 23.1 Å². The number of carboxylic acids is 2. The molecule has 0 spiro atoms. The van der Waals surface area contributed by atoms with Gasteiger partial charge in [-0.05, 0) is 24.0 Å². The topological polar surface area (TPSA) is 124 Å². The normalized spacial score (nSPS) is 13.9. The van der Waals surface area contributed by atoms with Crippen LogP contribution in [0.25, 0.3) is 0 Å². The number of aliphatic carboxylic acids is 2. The molecule has 0 amide bonds. The second-order valence-corrected chi connectivity index (χ2v) is 7.45. The molecule has 0 aliphatic carbocycles. The van der Waals surface area contributed by atoms with Crippen LogP contribution >= 0.6 is 0 Å². The van der Waals surface area contributed by atoms with Crippen LogP contribution in [-0.2, 0) is 20.8 Å². The third kappa shape index (κ3) is 15.9. The van der Waals surface area contributed by atoms with Crippen LogP contribution in [-0.4, -0.2) is 38.7 Å². The molecule has 0 heterocycles. The number of aliphatic hydroxyl groups excluding tert-OH is 1. The van der Waals surface area contributed by atoms with E-state index in [2.05, 4.69) is 6.92 Å². The molecule has 0 aliphatic heterocycles. The fraction of sp³-hybridized carbons (Fsp3) is 0.875. The quantitative estimate of drug-likeness (QED) is 0.168. The summed E-state index contributed by atoms with van der Waals surface area (Å²) >= 11 is -1.98. The number of carbonyl (C=O) groups excluding carboxylic acids is 2. The average molecular weight is 394 g/mol. The van der Waals surface area contributed by atoms with E-state index in [0.717, 1.165) is 25.7 Å². The standard InChI is InChI=1S/C16H30O6S.2Na/c1-2-3-4-5-6-7-8-9-10-11-12-23(22)14(16(20)21)13(17)15(18)19;;/h13-14,17H,2-12H2,1H3,(H,18,19)(H,20,21);;/q;2*+1/p-2. The number of rotatable bonds is 15. The predicted molar refractivity (Wildman–Crippen MR) is 84.7 cm³/mol. The molecular weight excluding hydrogens is 366 g/mol. The summed E-state index contributed by atoms with van der Waals surface area (Å²) < 4.78 is 11.8. The van der Waals surface area contributed by atoms with Gasteiger partial charge in [-0.15, -0.1) is 0 Å². The zero-order valence-corrected chi connectivity index (χ0v) is 20.6. The number of hydrogen-bond acceptors (Lipinski definition) is 6. The minimum atomic E-state index is -2.30. The first-order chi connectivity index (χ1) is 10.9. The van der Waals surface area contributed by atoms with E-state index in [0.29, 0.717) is 6.42 Å². The maximum absolute atomic E-state index is 11.8. The van der Waals surface area contributed by atoms with E-state index in [1.54, 1.807) is 0 Å². The van der Waals surface area contributed by atoms with Gasteiger partial charge in [0.15, 0.2) is 5.25 Å². The molecule has 0 rings (SSSR count). The molecular formula is C16H28Na2O6S. The summed E-state index contributed by atoms with van der Waals surface area (Å²) in [6, 6.07) is 0. The summed E-state index contributed by atoms with van der Waals surface area (Å²) in [6.45, 7) is 2.18. The number of unbranched alkanes of at least 4 members (excludes halogenated alkanes) is 9. The van der Waals surface area contributed by atoms with Gasteiger partial charge < -0.3 is 29.5 Å². The van der Waals surface area contributed by atoms with Crippen molar-refractivity contribution < 1.29 is 88.6 Å². The first-order valence-corrected chi connectivity index (χ1v) is 9.77. The van der Waals surface area contributed by atoms with Crippen molar-refractivity contribution in [3.63, 3.8) is 0 Å². The van der Waals surface area contributed by atoms with Gasteiger partial charge in [0.2, 0.25) is 0 Å². The minimum Gasteiger partial charge on any atom is -0.616 e. The van der Waals surface area contributed by atoms with Crippen molar-refractivity contribution in [1.82, 2.24) is 0 Å². The average Bonchev–Trinajstić information content (AvgIpc) is 2.48. The molecule has 0 aromatic rings. The molecule has 0 saturated carbocycles. The van der Waals surface area contributed by atoms with Crippen LogP contribution < -0.4 is 69.3 Å². The second kappa shape index (κ2) is 20.0. The molecule has 0 bridgehead atoms. The summed E-state index contributed by atoms with van der Waals surface area (Å²) in [5.74, 6) is -3.73. The van der Waals surface area contributed by atoms with E-state index in [1.807, 2.05) is 0 Å². The zero-order valence-electron chi connectivity index (χ0n) is 15.8. The Labute approximate surface area is 198 Å². The molecule has 9 heteroatoms. The van der Waals surface area contributed by atoms with Gasteiger partial charge in [0, 0.05) is 0 Å². The van der Waals surface area contributed by atoms with Crippen molar-refractivity contribution in [3.05, 3.63) is 0 Å². The van der Waals surface area contributed by atoms with E-state index in [4.69, 9.17) is 0 Å². The van der Waals surface area contributed by atoms with Crippen LogP contribution in [0.2, 0.25) is 0 Å². The Morgan fingerprint density at radius 2 is 1.24 bits per heavy atom. The molecule has 0 fully saturated rings. The number of hydrogen-bond donors (Lipinski definition) is 1. The predicted octanol–water partition coefficient (Wildman–Crippen LogP) is -6.11. The molecule has 3 atom stereocenters. The third-order valence-corrected chi connectivity index (χ3v) is 5.45. The Bertz CT molecular complexity index is 347. The fourth-order valence-electron chi connectivity index (χ4n) is 2.36. The summed E-state index contributed by atoms with van der Waals surface area (Å²) in [4.78, 5) is 21.3. The number of aliphatic hydroxyl groups is 1. The van der Waals surface area contributed by atoms with Crippen molar-refractivity contribution in [3.8, 4) is 0 Å². The van der Waals surface area contributed by atoms with E-state index in [-0.39, 0.29) is 64.9 Å². The summed E-state index contributed by atoms with van der Waals surface area (Å²) in [5.41, 5.74) is 0. The first kappa shape index (κ1) is 30.9. The van der Waals surface area contributed by atoms with Crippen LogP contribution in [0.5, 0.6) is 0 Å². The van der Waals surface area contributed by atoms with E-state index < -0.39 is 34.5 Å². The molecule has 136 valence electrons. The molecule has 25 heavy (non-hydrogen) atoms. The van der Waals surface area contributed by atoms with E-state index in [1.165, 1.54) is 32.1 Å². The molecule has 6 nitrogen and oxygen atoms in total. The maximum Gasteiger partial charge on any atom is 1.00 e. The van der Waals surface area contributed by atoms with Gasteiger partial charge in [-0.1, -0.05) is 58.3 Å². The Morgan fingerprint density at radius 1 is 0.840 bits per heavy atom. The molecule has 0 aliphatic rings. The van der Waals surface area contributed by atoms with Gasteiger partial charge in [0.1, 0.15) is 11.9 Å². The minimum absolute atomic E-state index is 0. The molecule has 3 unspecified atom stereocenters. The van der Waals surface area contributed by atoms with Gasteiger partial charge in [-0.3, -0.25) is 0 Å². The second-order valence-electron chi connectivity index (χ2n) is 5.77. The van der Waals surface area contributed by atoms with Gasteiger partial charge in [0.05, 0.1) is 11.9 Å². The monoisotopic (exact) mass is 394 g/mol. The zero-order chi connectivity index (χ0) is 17.7. The fourth-order valence-corrected chi connectivity index (χ4v) is 3.72. The van der Waals surface area contributed by atoms with Crippen molar-refractivity contribution in [1.29, 1.82) is 0 Å². The summed E-state index contributed by atoms with van der Waals surface area (Å²) in [5, 5.41) is 28.6. The number of carbonyl (C=O) groups is 2. The molecule has 0 aromatic carbocycles. The Kier molecular flexibility index (Phi) is 24.7. The van der Waals surface area contributed by atoms with Crippen LogP contribution in [0.1, 0.15) is 71.1 Å². The number of carboxylic acid groups (broad SMARTS) is 2. The Balaban J connectivity index is -0.00000242. The van der Waals surface area contributed by atoms with Crippen LogP contribution in [0, 0.1) is 0 Å². The maximum atomic E-state index is 11.8. The summed E-state index contributed by atoms with van der Waals surface area (Å²) in [6.07, 6.45) is 8.53. The van der Waals surface area contributed by atoms with Crippen molar-refractivity contribution in [2.75, 3.05) is 5.75 Å². The Hall–Kier alpha value is 1.21. The van der Waals surface area contributed by atoms with Gasteiger partial charge in [0.25, 0.3) is 0 Å². The smallest absolute Gasteiger partial charge is 0.616 e. The van der Waals surface area contributed by atoms with E-state index in [9.17, 15) is 29.5 Å².